The Morgan fingerprint density at radius 1 is 1.05 bits per heavy atom. The third-order valence-electron chi connectivity index (χ3n) is 7.50. The molecule has 9 nitrogen and oxygen atoms in total. The molecule has 3 heterocycles. The molecule has 1 spiro atoms. The van der Waals surface area contributed by atoms with Crippen molar-refractivity contribution >= 4 is 34.0 Å². The number of nitrogens with one attached hydrogen (secondary N) is 3. The highest BCUT2D eigenvalue weighted by Crippen LogP contribution is 2.65. The molecule has 5 aromatic rings. The Balaban J connectivity index is 1.20. The summed E-state index contributed by atoms with van der Waals surface area (Å²) >= 11 is 0. The van der Waals surface area contributed by atoms with Crippen LogP contribution in [0.1, 0.15) is 23.5 Å². The maximum Gasteiger partial charge on any atom is 0.235 e. The molecule has 1 amide bonds. The fourth-order valence-electron chi connectivity index (χ4n) is 5.50. The van der Waals surface area contributed by atoms with Crippen molar-refractivity contribution in [3.05, 3.63) is 78.1 Å². The molecule has 1 aliphatic heterocycles. The number of ether oxygens (including phenoxy) is 2. The predicted molar refractivity (Wildman–Crippen MR) is 139 cm³/mol. The standard InChI is InChI=1S/C28H23N5O4/c1-35-17-5-7-22-19(13-17)28(27(34)30-22)14-20(28)15-3-6-18-23(11-15)31-32-26(18)29-24-12-16(4-8-25(24)36-2)21-9-10-37-33-21/h3-13,20H,14H2,1-2H3,(H,30,34)(H2,29,31,32)/t20-,28-/m0/s1. The fourth-order valence-corrected chi connectivity index (χ4v) is 5.50. The van der Waals surface area contributed by atoms with E-state index in [4.69, 9.17) is 14.0 Å². The van der Waals surface area contributed by atoms with E-state index in [0.29, 0.717) is 11.6 Å². The molecule has 3 aromatic carbocycles. The van der Waals surface area contributed by atoms with E-state index in [0.717, 1.165) is 56.8 Å². The van der Waals surface area contributed by atoms with Gasteiger partial charge in [0, 0.05) is 28.6 Å². The van der Waals surface area contributed by atoms with Gasteiger partial charge in [0.2, 0.25) is 5.91 Å². The highest BCUT2D eigenvalue weighted by molar-refractivity contribution is 6.10. The van der Waals surface area contributed by atoms with Crippen LogP contribution in [-0.2, 0) is 10.2 Å². The van der Waals surface area contributed by atoms with Crippen LogP contribution in [0.5, 0.6) is 11.5 Å². The van der Waals surface area contributed by atoms with Crippen LogP contribution in [0.25, 0.3) is 22.2 Å². The van der Waals surface area contributed by atoms with Gasteiger partial charge in [-0.1, -0.05) is 11.2 Å². The Morgan fingerprint density at radius 2 is 1.97 bits per heavy atom. The number of H-pyrrole nitrogens is 1. The van der Waals surface area contributed by atoms with E-state index in [1.165, 1.54) is 0 Å². The molecule has 2 aromatic heterocycles. The molecule has 0 saturated heterocycles. The summed E-state index contributed by atoms with van der Waals surface area (Å²) in [6.45, 7) is 0. The highest BCUT2D eigenvalue weighted by atomic mass is 16.5. The van der Waals surface area contributed by atoms with Crippen LogP contribution in [0.2, 0.25) is 0 Å². The second-order valence-corrected chi connectivity index (χ2v) is 9.40. The molecule has 7 rings (SSSR count). The molecule has 2 atom stereocenters. The van der Waals surface area contributed by atoms with E-state index in [1.807, 2.05) is 42.5 Å². The Hall–Kier alpha value is -4.79. The number of hydrogen-bond acceptors (Lipinski definition) is 7. The first-order valence-electron chi connectivity index (χ1n) is 11.9. The lowest BCUT2D eigenvalue weighted by molar-refractivity contribution is -0.118. The number of benzene rings is 3. The van der Waals surface area contributed by atoms with Crippen molar-refractivity contribution in [2.24, 2.45) is 0 Å². The lowest BCUT2D eigenvalue weighted by Gasteiger charge is -2.11. The van der Waals surface area contributed by atoms with Crippen molar-refractivity contribution < 1.29 is 18.8 Å². The van der Waals surface area contributed by atoms with Crippen LogP contribution in [0.4, 0.5) is 17.2 Å². The van der Waals surface area contributed by atoms with Gasteiger partial charge in [-0.15, -0.1) is 0 Å². The van der Waals surface area contributed by atoms with E-state index < -0.39 is 5.41 Å². The zero-order chi connectivity index (χ0) is 25.1. The first kappa shape index (κ1) is 21.5. The first-order chi connectivity index (χ1) is 18.1. The van der Waals surface area contributed by atoms with Gasteiger partial charge in [-0.3, -0.25) is 9.89 Å². The summed E-state index contributed by atoms with van der Waals surface area (Å²) in [5.41, 5.74) is 5.69. The maximum atomic E-state index is 13.0. The SMILES string of the molecule is COc1ccc2c(c1)[C@]1(C[C@H]1c1ccc3c(Nc4cc(-c5ccon5)ccc4OC)n[nH]c3c1)C(=O)N2. The molecular weight excluding hydrogens is 470 g/mol. The number of aromatic amines is 1. The number of amides is 1. The van der Waals surface area contributed by atoms with Gasteiger partial charge in [-0.05, 0) is 66.1 Å². The second kappa shape index (κ2) is 7.86. The molecule has 9 heteroatoms. The first-order valence-corrected chi connectivity index (χ1v) is 11.9. The summed E-state index contributed by atoms with van der Waals surface area (Å²) in [5, 5.41) is 19.1. The summed E-state index contributed by atoms with van der Waals surface area (Å²) < 4.78 is 16.0. The number of carbonyl (C=O) groups is 1. The largest absolute Gasteiger partial charge is 0.497 e. The lowest BCUT2D eigenvalue weighted by atomic mass is 9.91. The summed E-state index contributed by atoms with van der Waals surface area (Å²) in [6.07, 6.45) is 2.30. The molecule has 184 valence electrons. The smallest absolute Gasteiger partial charge is 0.235 e. The number of rotatable bonds is 6. The number of fused-ring (bicyclic) bond motifs is 3. The molecule has 1 fully saturated rings. The van der Waals surface area contributed by atoms with Crippen molar-refractivity contribution in [1.82, 2.24) is 15.4 Å². The zero-order valence-electron chi connectivity index (χ0n) is 20.2. The minimum atomic E-state index is -0.548. The molecule has 1 aliphatic carbocycles. The van der Waals surface area contributed by atoms with E-state index in [2.05, 4.69) is 38.1 Å². The van der Waals surface area contributed by atoms with Crippen molar-refractivity contribution in [3.63, 3.8) is 0 Å². The van der Waals surface area contributed by atoms with Crippen LogP contribution in [-0.4, -0.2) is 35.5 Å². The average molecular weight is 494 g/mol. The molecule has 37 heavy (non-hydrogen) atoms. The molecule has 0 bridgehead atoms. The van der Waals surface area contributed by atoms with Crippen molar-refractivity contribution in [2.75, 3.05) is 24.9 Å². The number of nitrogens with zero attached hydrogens (tertiary/aromatic N) is 2. The van der Waals surface area contributed by atoms with Crippen LogP contribution in [0.15, 0.2) is 71.4 Å². The van der Waals surface area contributed by atoms with Gasteiger partial charge in [0.25, 0.3) is 0 Å². The quantitative estimate of drug-likeness (QED) is 0.292. The van der Waals surface area contributed by atoms with Crippen molar-refractivity contribution in [1.29, 1.82) is 0 Å². The molecule has 0 radical (unpaired) electrons. The van der Waals surface area contributed by atoms with Crippen LogP contribution >= 0.6 is 0 Å². The minimum absolute atomic E-state index is 0.0481. The number of carbonyl (C=O) groups excluding carboxylic acids is 1. The second-order valence-electron chi connectivity index (χ2n) is 9.40. The third-order valence-corrected chi connectivity index (χ3v) is 7.50. The van der Waals surface area contributed by atoms with Crippen molar-refractivity contribution in [2.45, 2.75) is 17.8 Å². The Morgan fingerprint density at radius 3 is 2.78 bits per heavy atom. The zero-order valence-corrected chi connectivity index (χ0v) is 20.2. The van der Waals surface area contributed by atoms with E-state index in [9.17, 15) is 4.79 Å². The number of hydrogen-bond donors (Lipinski definition) is 3. The summed E-state index contributed by atoms with van der Waals surface area (Å²) in [7, 11) is 3.27. The lowest BCUT2D eigenvalue weighted by Crippen LogP contribution is -2.21. The molecular formula is C28H23N5O4. The predicted octanol–water partition coefficient (Wildman–Crippen LogP) is 5.36. The summed E-state index contributed by atoms with van der Waals surface area (Å²) in [4.78, 5) is 13.0. The molecule has 2 aliphatic rings. The van der Waals surface area contributed by atoms with Crippen LogP contribution in [0.3, 0.4) is 0 Å². The third kappa shape index (κ3) is 3.20. The van der Waals surface area contributed by atoms with Gasteiger partial charge >= 0.3 is 0 Å². The summed E-state index contributed by atoms with van der Waals surface area (Å²) in [6, 6.07) is 19.5. The number of anilines is 3. The van der Waals surface area contributed by atoms with E-state index in [1.54, 1.807) is 26.5 Å². The van der Waals surface area contributed by atoms with Gasteiger partial charge in [0.05, 0.1) is 30.8 Å². The molecule has 3 N–H and O–H groups in total. The van der Waals surface area contributed by atoms with Gasteiger partial charge < -0.3 is 24.6 Å². The minimum Gasteiger partial charge on any atom is -0.497 e. The maximum absolute atomic E-state index is 13.0. The Labute approximate surface area is 211 Å². The van der Waals surface area contributed by atoms with Crippen LogP contribution < -0.4 is 20.1 Å². The van der Waals surface area contributed by atoms with E-state index >= 15 is 0 Å². The fraction of sp³-hybridized carbons (Fsp3) is 0.179. The van der Waals surface area contributed by atoms with Crippen molar-refractivity contribution in [3.8, 4) is 22.8 Å². The molecule has 0 unspecified atom stereocenters. The van der Waals surface area contributed by atoms with Crippen LogP contribution in [0, 0.1) is 0 Å². The normalized spacial score (nSPS) is 19.6. The topological polar surface area (TPSA) is 114 Å². The highest BCUT2D eigenvalue weighted by Gasteiger charge is 2.65. The Bertz CT molecular complexity index is 1680. The molecule has 1 saturated carbocycles. The van der Waals surface area contributed by atoms with Gasteiger partial charge in [-0.2, -0.15) is 5.10 Å². The average Bonchev–Trinajstić information content (AvgIpc) is 3.20. The summed E-state index contributed by atoms with van der Waals surface area (Å²) in [5.74, 6) is 2.25. The van der Waals surface area contributed by atoms with Gasteiger partial charge in [0.15, 0.2) is 5.82 Å². The number of methoxy groups -OCH3 is 2. The monoisotopic (exact) mass is 493 g/mol. The van der Waals surface area contributed by atoms with Gasteiger partial charge in [0.1, 0.15) is 23.5 Å². The van der Waals surface area contributed by atoms with Gasteiger partial charge in [-0.25, -0.2) is 0 Å². The number of aromatic nitrogens is 3. The van der Waals surface area contributed by atoms with E-state index in [-0.39, 0.29) is 11.8 Å². The Kier molecular flexibility index (Phi) is 4.56.